The highest BCUT2D eigenvalue weighted by Crippen LogP contribution is 2.22. The molecule has 1 aliphatic heterocycles. The monoisotopic (exact) mass is 450 g/mol. The van der Waals surface area contributed by atoms with Gasteiger partial charge in [-0.1, -0.05) is 18.2 Å². The number of piperazine rings is 1. The molecular formula is C24H27FN6O2. The molecule has 0 saturated carbocycles. The van der Waals surface area contributed by atoms with E-state index >= 15 is 0 Å². The van der Waals surface area contributed by atoms with Crippen molar-refractivity contribution in [2.75, 3.05) is 49.9 Å². The number of nitrogens with zero attached hydrogens (tertiary/aromatic N) is 3. The van der Waals surface area contributed by atoms with Gasteiger partial charge in [-0.15, -0.1) is 0 Å². The molecule has 0 spiro atoms. The molecule has 1 fully saturated rings. The molecule has 9 heteroatoms. The maximum Gasteiger partial charge on any atom is 0.321 e. The molecule has 1 aromatic heterocycles. The van der Waals surface area contributed by atoms with E-state index in [-0.39, 0.29) is 17.9 Å². The van der Waals surface area contributed by atoms with Crippen LogP contribution in [0.15, 0.2) is 54.6 Å². The first kappa shape index (κ1) is 22.5. The standard InChI is InChI=1S/C24H27FN6O2/c1-17-16-22(20-4-2-3-5-21(20)27-17)29-23(32)26-10-11-30-12-14-31(15-13-30)24(33)28-19-8-6-18(25)7-9-19/h2-9,16H,10-15H2,1H3,(H,28,33)(H2,26,27,29,32). The van der Waals surface area contributed by atoms with Crippen molar-refractivity contribution in [1.29, 1.82) is 0 Å². The van der Waals surface area contributed by atoms with Crippen molar-refractivity contribution in [2.45, 2.75) is 6.92 Å². The molecule has 2 aromatic carbocycles. The van der Waals surface area contributed by atoms with Crippen LogP contribution in [0.3, 0.4) is 0 Å². The number of carbonyl (C=O) groups is 2. The number of amides is 4. The number of fused-ring (bicyclic) bond motifs is 1. The highest BCUT2D eigenvalue weighted by molar-refractivity contribution is 6.00. The summed E-state index contributed by atoms with van der Waals surface area (Å²) in [6.07, 6.45) is 0. The van der Waals surface area contributed by atoms with Crippen LogP contribution in [0.25, 0.3) is 10.9 Å². The number of nitrogens with one attached hydrogen (secondary N) is 3. The van der Waals surface area contributed by atoms with Crippen molar-refractivity contribution in [2.24, 2.45) is 0 Å². The fourth-order valence-corrected chi connectivity index (χ4v) is 3.82. The molecule has 0 aliphatic carbocycles. The maximum atomic E-state index is 13.0. The number of pyridine rings is 1. The number of halogens is 1. The summed E-state index contributed by atoms with van der Waals surface area (Å²) in [4.78, 5) is 33.2. The lowest BCUT2D eigenvalue weighted by atomic mass is 10.1. The number of anilines is 2. The van der Waals surface area contributed by atoms with Gasteiger partial charge in [-0.3, -0.25) is 9.88 Å². The van der Waals surface area contributed by atoms with Crippen LogP contribution in [-0.2, 0) is 0 Å². The Hall–Kier alpha value is -3.72. The summed E-state index contributed by atoms with van der Waals surface area (Å²) in [7, 11) is 0. The highest BCUT2D eigenvalue weighted by atomic mass is 19.1. The summed E-state index contributed by atoms with van der Waals surface area (Å²) in [6.45, 7) is 5.69. The smallest absolute Gasteiger partial charge is 0.321 e. The zero-order valence-corrected chi connectivity index (χ0v) is 18.5. The van der Waals surface area contributed by atoms with Gasteiger partial charge >= 0.3 is 12.1 Å². The summed E-state index contributed by atoms with van der Waals surface area (Å²) in [5.74, 6) is -0.340. The number of hydrogen-bond donors (Lipinski definition) is 3. The molecule has 4 amide bonds. The van der Waals surface area contributed by atoms with Crippen molar-refractivity contribution in [3.8, 4) is 0 Å². The molecule has 0 atom stereocenters. The number of carbonyl (C=O) groups excluding carboxylic acids is 2. The minimum absolute atomic E-state index is 0.196. The number of rotatable bonds is 5. The van der Waals surface area contributed by atoms with Crippen LogP contribution in [0.1, 0.15) is 5.69 Å². The van der Waals surface area contributed by atoms with Gasteiger partial charge in [-0.05, 0) is 43.3 Å². The van der Waals surface area contributed by atoms with Gasteiger partial charge in [-0.25, -0.2) is 14.0 Å². The lowest BCUT2D eigenvalue weighted by molar-refractivity contribution is 0.148. The van der Waals surface area contributed by atoms with Gasteiger partial charge < -0.3 is 20.9 Å². The Morgan fingerprint density at radius 3 is 2.48 bits per heavy atom. The first-order valence-electron chi connectivity index (χ1n) is 10.9. The number of benzene rings is 2. The summed E-state index contributed by atoms with van der Waals surface area (Å²) in [5, 5.41) is 9.50. The van der Waals surface area contributed by atoms with E-state index in [1.54, 1.807) is 4.90 Å². The molecule has 3 aromatic rings. The number of para-hydroxylation sites is 1. The van der Waals surface area contributed by atoms with E-state index in [9.17, 15) is 14.0 Å². The lowest BCUT2D eigenvalue weighted by Crippen LogP contribution is -2.51. The molecule has 3 N–H and O–H groups in total. The predicted octanol–water partition coefficient (Wildman–Crippen LogP) is 3.65. The van der Waals surface area contributed by atoms with Crippen molar-refractivity contribution in [3.05, 3.63) is 66.1 Å². The van der Waals surface area contributed by atoms with Gasteiger partial charge in [-0.2, -0.15) is 0 Å². The minimum Gasteiger partial charge on any atom is -0.337 e. The maximum absolute atomic E-state index is 13.0. The zero-order valence-electron chi connectivity index (χ0n) is 18.5. The fraction of sp³-hybridized carbons (Fsp3) is 0.292. The van der Waals surface area contributed by atoms with E-state index in [1.165, 1.54) is 24.3 Å². The van der Waals surface area contributed by atoms with Gasteiger partial charge in [0, 0.05) is 56.0 Å². The van der Waals surface area contributed by atoms with Crippen LogP contribution in [0, 0.1) is 12.7 Å². The Labute approximate surface area is 191 Å². The van der Waals surface area contributed by atoms with Crippen LogP contribution in [0.5, 0.6) is 0 Å². The summed E-state index contributed by atoms with van der Waals surface area (Å²) >= 11 is 0. The number of urea groups is 2. The SMILES string of the molecule is Cc1cc(NC(=O)NCCN2CCN(C(=O)Nc3ccc(F)cc3)CC2)c2ccccc2n1. The van der Waals surface area contributed by atoms with Crippen LogP contribution in [0.2, 0.25) is 0 Å². The summed E-state index contributed by atoms with van der Waals surface area (Å²) in [5.41, 5.74) is 2.98. The average Bonchev–Trinajstić information content (AvgIpc) is 2.81. The van der Waals surface area contributed by atoms with E-state index in [0.29, 0.717) is 45.0 Å². The summed E-state index contributed by atoms with van der Waals surface area (Å²) < 4.78 is 13.0. The minimum atomic E-state index is -0.340. The highest BCUT2D eigenvalue weighted by Gasteiger charge is 2.21. The zero-order chi connectivity index (χ0) is 23.2. The second-order valence-corrected chi connectivity index (χ2v) is 7.97. The van der Waals surface area contributed by atoms with Gasteiger partial charge in [0.1, 0.15) is 5.82 Å². The first-order valence-corrected chi connectivity index (χ1v) is 10.9. The lowest BCUT2D eigenvalue weighted by Gasteiger charge is -2.34. The second-order valence-electron chi connectivity index (χ2n) is 7.97. The van der Waals surface area contributed by atoms with Crippen molar-refractivity contribution in [1.82, 2.24) is 20.1 Å². The van der Waals surface area contributed by atoms with Gasteiger partial charge in [0.2, 0.25) is 0 Å². The average molecular weight is 451 g/mol. The molecule has 4 rings (SSSR count). The van der Waals surface area contributed by atoms with Crippen LogP contribution >= 0.6 is 0 Å². The van der Waals surface area contributed by atoms with E-state index in [1.807, 2.05) is 37.3 Å². The Bertz CT molecular complexity index is 1130. The molecule has 0 unspecified atom stereocenters. The summed E-state index contributed by atoms with van der Waals surface area (Å²) in [6, 6.07) is 14.8. The molecule has 0 bridgehead atoms. The first-order chi connectivity index (χ1) is 16.0. The van der Waals surface area contributed by atoms with Crippen molar-refractivity contribution in [3.63, 3.8) is 0 Å². The van der Waals surface area contributed by atoms with Gasteiger partial charge in [0.05, 0.1) is 11.2 Å². The van der Waals surface area contributed by atoms with E-state index < -0.39 is 0 Å². The van der Waals surface area contributed by atoms with Crippen molar-refractivity contribution >= 4 is 34.3 Å². The third-order valence-electron chi connectivity index (χ3n) is 5.56. The van der Waals surface area contributed by atoms with Crippen LogP contribution in [-0.4, -0.2) is 66.1 Å². The predicted molar refractivity (Wildman–Crippen MR) is 127 cm³/mol. The van der Waals surface area contributed by atoms with E-state index in [0.717, 1.165) is 22.3 Å². The molecule has 0 radical (unpaired) electrons. The fourth-order valence-electron chi connectivity index (χ4n) is 3.82. The Morgan fingerprint density at radius 2 is 1.73 bits per heavy atom. The molecular weight excluding hydrogens is 423 g/mol. The Kier molecular flexibility index (Phi) is 6.99. The number of hydrogen-bond acceptors (Lipinski definition) is 4. The quantitative estimate of drug-likeness (QED) is 0.554. The third-order valence-corrected chi connectivity index (χ3v) is 5.56. The second kappa shape index (κ2) is 10.3. The molecule has 2 heterocycles. The van der Waals surface area contributed by atoms with Gasteiger partial charge in [0.15, 0.2) is 0 Å². The third kappa shape index (κ3) is 5.95. The molecule has 1 aliphatic rings. The molecule has 172 valence electrons. The molecule has 33 heavy (non-hydrogen) atoms. The largest absolute Gasteiger partial charge is 0.337 e. The Balaban J connectivity index is 1.19. The number of aryl methyl sites for hydroxylation is 1. The van der Waals surface area contributed by atoms with Crippen molar-refractivity contribution < 1.29 is 14.0 Å². The number of aromatic nitrogens is 1. The van der Waals surface area contributed by atoms with Gasteiger partial charge in [0.25, 0.3) is 0 Å². The Morgan fingerprint density at radius 1 is 1.00 bits per heavy atom. The normalized spacial score (nSPS) is 14.2. The van der Waals surface area contributed by atoms with E-state index in [4.69, 9.17) is 0 Å². The molecule has 1 saturated heterocycles. The topological polar surface area (TPSA) is 89.6 Å². The van der Waals surface area contributed by atoms with E-state index in [2.05, 4.69) is 25.8 Å². The molecule has 8 nitrogen and oxygen atoms in total. The van der Waals surface area contributed by atoms with Crippen LogP contribution in [0.4, 0.5) is 25.4 Å². The van der Waals surface area contributed by atoms with Crippen LogP contribution < -0.4 is 16.0 Å².